The molecule has 6 nitrogen and oxygen atoms in total. The Hall–Kier alpha value is -2.25. The van der Waals surface area contributed by atoms with E-state index in [1.807, 2.05) is 0 Å². The number of methoxy groups -OCH3 is 1. The highest BCUT2D eigenvalue weighted by Gasteiger charge is 2.28. The Morgan fingerprint density at radius 2 is 1.73 bits per heavy atom. The second kappa shape index (κ2) is 8.42. The molecule has 0 aliphatic heterocycles. The largest absolute Gasteiger partial charge is 0.497 e. The molecule has 0 aliphatic rings. The minimum Gasteiger partial charge on any atom is -0.497 e. The summed E-state index contributed by atoms with van der Waals surface area (Å²) in [7, 11) is -2.13. The quantitative estimate of drug-likeness (QED) is 0.780. The predicted molar refractivity (Wildman–Crippen MR) is 103 cm³/mol. The fraction of sp³-hybridized carbons (Fsp3) is 0.278. The fourth-order valence-corrected chi connectivity index (χ4v) is 3.78. The Morgan fingerprint density at radius 1 is 1.15 bits per heavy atom. The summed E-state index contributed by atoms with van der Waals surface area (Å²) < 4.78 is 30.7. The monoisotopic (exact) mass is 396 g/mol. The van der Waals surface area contributed by atoms with E-state index in [0.717, 1.165) is 16.1 Å². The number of anilines is 1. The number of halogens is 1. The zero-order chi connectivity index (χ0) is 19.3. The zero-order valence-electron chi connectivity index (χ0n) is 14.8. The smallest absolute Gasteiger partial charge is 0.243 e. The van der Waals surface area contributed by atoms with Crippen molar-refractivity contribution < 1.29 is 17.9 Å². The first-order valence-corrected chi connectivity index (χ1v) is 10.1. The van der Waals surface area contributed by atoms with E-state index in [2.05, 4.69) is 5.32 Å². The Morgan fingerprint density at radius 3 is 2.23 bits per heavy atom. The normalized spacial score (nSPS) is 12.3. The maximum Gasteiger partial charge on any atom is 0.243 e. The van der Waals surface area contributed by atoms with Crippen LogP contribution in [0.2, 0.25) is 5.02 Å². The second-order valence-electron chi connectivity index (χ2n) is 5.78. The van der Waals surface area contributed by atoms with Gasteiger partial charge in [-0.2, -0.15) is 0 Å². The van der Waals surface area contributed by atoms with Crippen molar-refractivity contribution in [1.82, 2.24) is 5.32 Å². The summed E-state index contributed by atoms with van der Waals surface area (Å²) in [5.74, 6) is 0.197. The Bertz CT molecular complexity index is 852. The van der Waals surface area contributed by atoms with Crippen LogP contribution >= 0.6 is 11.6 Å². The molecule has 1 atom stereocenters. The van der Waals surface area contributed by atoms with Crippen LogP contribution in [0.4, 0.5) is 5.69 Å². The maximum atomic E-state index is 12.5. The van der Waals surface area contributed by atoms with Gasteiger partial charge in [0.25, 0.3) is 0 Å². The van der Waals surface area contributed by atoms with Crippen molar-refractivity contribution >= 4 is 33.2 Å². The molecule has 2 rings (SSSR count). The molecular weight excluding hydrogens is 376 g/mol. The van der Waals surface area contributed by atoms with Crippen LogP contribution in [-0.4, -0.2) is 33.7 Å². The summed E-state index contributed by atoms with van der Waals surface area (Å²) in [6, 6.07) is 12.6. The van der Waals surface area contributed by atoms with Crippen LogP contribution in [0.5, 0.6) is 5.75 Å². The van der Waals surface area contributed by atoms with Gasteiger partial charge in [-0.1, -0.05) is 23.7 Å². The molecule has 0 saturated carbocycles. The number of benzene rings is 2. The molecule has 0 aromatic heterocycles. The number of hydrogen-bond acceptors (Lipinski definition) is 4. The average molecular weight is 397 g/mol. The van der Waals surface area contributed by atoms with Crippen molar-refractivity contribution in [2.45, 2.75) is 19.5 Å². The van der Waals surface area contributed by atoms with Gasteiger partial charge >= 0.3 is 0 Å². The van der Waals surface area contributed by atoms with Gasteiger partial charge in [0.05, 0.1) is 19.1 Å². The van der Waals surface area contributed by atoms with Gasteiger partial charge in [0.1, 0.15) is 11.8 Å². The van der Waals surface area contributed by atoms with E-state index in [-0.39, 0.29) is 6.54 Å². The third-order valence-corrected chi connectivity index (χ3v) is 5.29. The number of hydrogen-bond donors (Lipinski definition) is 1. The molecule has 26 heavy (non-hydrogen) atoms. The van der Waals surface area contributed by atoms with E-state index in [4.69, 9.17) is 16.3 Å². The lowest BCUT2D eigenvalue weighted by atomic mass is 10.2. The van der Waals surface area contributed by atoms with Crippen molar-refractivity contribution in [3.8, 4) is 5.75 Å². The van der Waals surface area contributed by atoms with Gasteiger partial charge in [-0.25, -0.2) is 8.42 Å². The summed E-state index contributed by atoms with van der Waals surface area (Å²) in [6.07, 6.45) is 1.07. The van der Waals surface area contributed by atoms with Crippen molar-refractivity contribution in [1.29, 1.82) is 0 Å². The minimum absolute atomic E-state index is 0.278. The van der Waals surface area contributed by atoms with Gasteiger partial charge in [0, 0.05) is 11.6 Å². The van der Waals surface area contributed by atoms with E-state index >= 15 is 0 Å². The lowest BCUT2D eigenvalue weighted by Gasteiger charge is -2.28. The molecule has 0 spiro atoms. The molecule has 8 heteroatoms. The number of amides is 1. The second-order valence-corrected chi connectivity index (χ2v) is 8.07. The Balaban J connectivity index is 2.16. The molecule has 1 N–H and O–H groups in total. The SMILES string of the molecule is COc1ccc(N(C(C)C(=O)NCc2ccc(Cl)cc2)S(C)(=O)=O)cc1. The van der Waals surface area contributed by atoms with E-state index in [9.17, 15) is 13.2 Å². The van der Waals surface area contributed by atoms with Crippen LogP contribution in [0.25, 0.3) is 0 Å². The molecule has 0 bridgehead atoms. The molecule has 0 heterocycles. The summed E-state index contributed by atoms with van der Waals surface area (Å²) in [6.45, 7) is 1.82. The number of carbonyl (C=O) groups is 1. The first kappa shape index (κ1) is 20.1. The lowest BCUT2D eigenvalue weighted by Crippen LogP contribution is -2.47. The van der Waals surface area contributed by atoms with E-state index < -0.39 is 22.0 Å². The highest BCUT2D eigenvalue weighted by atomic mass is 35.5. The Kier molecular flexibility index (Phi) is 6.50. The fourth-order valence-electron chi connectivity index (χ4n) is 2.48. The van der Waals surface area contributed by atoms with Gasteiger partial charge < -0.3 is 10.1 Å². The average Bonchev–Trinajstić information content (AvgIpc) is 2.60. The molecule has 0 aliphatic carbocycles. The standard InChI is InChI=1S/C18H21ClN2O4S/c1-13(18(22)20-12-14-4-6-15(19)7-5-14)21(26(3,23)24)16-8-10-17(25-2)11-9-16/h4-11,13H,12H2,1-3H3,(H,20,22). The highest BCUT2D eigenvalue weighted by Crippen LogP contribution is 2.23. The van der Waals surface area contributed by atoms with E-state index in [1.54, 1.807) is 55.5 Å². The van der Waals surface area contributed by atoms with Gasteiger partial charge in [-0.15, -0.1) is 0 Å². The first-order valence-electron chi connectivity index (χ1n) is 7.88. The van der Waals surface area contributed by atoms with Crippen LogP contribution in [0.3, 0.4) is 0 Å². The number of nitrogens with one attached hydrogen (secondary N) is 1. The molecule has 1 amide bonds. The molecule has 2 aromatic carbocycles. The predicted octanol–water partition coefficient (Wildman–Crippen LogP) is 2.82. The number of ether oxygens (including phenoxy) is 1. The van der Waals surface area contributed by atoms with Crippen LogP contribution < -0.4 is 14.4 Å². The van der Waals surface area contributed by atoms with Crippen LogP contribution in [0.15, 0.2) is 48.5 Å². The topological polar surface area (TPSA) is 75.7 Å². The number of carbonyl (C=O) groups excluding carboxylic acids is 1. The maximum absolute atomic E-state index is 12.5. The summed E-state index contributed by atoms with van der Waals surface area (Å²) in [4.78, 5) is 12.5. The highest BCUT2D eigenvalue weighted by molar-refractivity contribution is 7.92. The van der Waals surface area contributed by atoms with Gasteiger partial charge in [-0.05, 0) is 48.9 Å². The van der Waals surface area contributed by atoms with Crippen molar-refractivity contribution in [3.63, 3.8) is 0 Å². The number of sulfonamides is 1. The summed E-state index contributed by atoms with van der Waals surface area (Å²) >= 11 is 5.84. The summed E-state index contributed by atoms with van der Waals surface area (Å²) in [5.41, 5.74) is 1.26. The van der Waals surface area contributed by atoms with Crippen molar-refractivity contribution in [3.05, 3.63) is 59.1 Å². The minimum atomic E-state index is -3.66. The van der Waals surface area contributed by atoms with Gasteiger partial charge in [-0.3, -0.25) is 9.10 Å². The number of rotatable bonds is 7. The molecule has 2 aromatic rings. The van der Waals surface area contributed by atoms with Crippen LogP contribution in [-0.2, 0) is 21.4 Å². The Labute approximate surface area is 158 Å². The van der Waals surface area contributed by atoms with E-state index in [0.29, 0.717) is 16.5 Å². The van der Waals surface area contributed by atoms with Gasteiger partial charge in [0.15, 0.2) is 0 Å². The molecule has 1 unspecified atom stereocenters. The molecule has 0 fully saturated rings. The first-order chi connectivity index (χ1) is 12.2. The van der Waals surface area contributed by atoms with Crippen LogP contribution in [0, 0.1) is 0 Å². The molecule has 0 saturated heterocycles. The molecule has 140 valence electrons. The zero-order valence-corrected chi connectivity index (χ0v) is 16.3. The van der Waals surface area contributed by atoms with Gasteiger partial charge in [0.2, 0.25) is 15.9 Å². The lowest BCUT2D eigenvalue weighted by molar-refractivity contribution is -0.122. The third kappa shape index (κ3) is 5.12. The van der Waals surface area contributed by atoms with Crippen LogP contribution in [0.1, 0.15) is 12.5 Å². The van der Waals surface area contributed by atoms with Crippen molar-refractivity contribution in [2.24, 2.45) is 0 Å². The summed E-state index contributed by atoms with van der Waals surface area (Å²) in [5, 5.41) is 3.36. The molecule has 0 radical (unpaired) electrons. The van der Waals surface area contributed by atoms with E-state index in [1.165, 1.54) is 7.11 Å². The number of nitrogens with zero attached hydrogens (tertiary/aromatic N) is 1. The molecular formula is C18H21ClN2O4S. The van der Waals surface area contributed by atoms with Crippen molar-refractivity contribution in [2.75, 3.05) is 17.7 Å². The third-order valence-electron chi connectivity index (χ3n) is 3.80.